The first-order valence-corrected chi connectivity index (χ1v) is 11.8. The molecular weight excluding hydrogens is 440 g/mol. The van der Waals surface area contributed by atoms with Gasteiger partial charge in [-0.05, 0) is 45.5 Å². The van der Waals surface area contributed by atoms with Crippen molar-refractivity contribution in [2.75, 3.05) is 0 Å². The number of rotatable bonds is 5. The van der Waals surface area contributed by atoms with Gasteiger partial charge in [-0.3, -0.25) is 4.98 Å². The van der Waals surface area contributed by atoms with Gasteiger partial charge in [0.2, 0.25) is 0 Å². The van der Waals surface area contributed by atoms with E-state index in [9.17, 15) is 0 Å². The Labute approximate surface area is 210 Å². The molecule has 0 spiro atoms. The normalized spacial score (nSPS) is 10.8. The van der Waals surface area contributed by atoms with Crippen LogP contribution in [0.5, 0.6) is 0 Å². The van der Waals surface area contributed by atoms with Crippen LogP contribution < -0.4 is 0 Å². The first-order chi connectivity index (χ1) is 17.8. The molecule has 0 radical (unpaired) electrons. The summed E-state index contributed by atoms with van der Waals surface area (Å²) in [4.78, 5) is 17.7. The fourth-order valence-corrected chi connectivity index (χ4v) is 4.23. The standard InChI is InChI=1S/C32H22N4/c1-2-4-23(5-3-1)24-10-14-29(15-11-24)31-34-22-35-32(36-31)30-16-12-26(13-17-30)25-6-8-27(9-7-25)28-18-20-33-21-19-28/h1-22H. The monoisotopic (exact) mass is 462 g/mol. The minimum atomic E-state index is 0.659. The van der Waals surface area contributed by atoms with Crippen LogP contribution in [-0.4, -0.2) is 19.9 Å². The Morgan fingerprint density at radius 3 is 1.14 bits per heavy atom. The number of aromatic nitrogens is 4. The van der Waals surface area contributed by atoms with E-state index in [1.807, 2.05) is 42.7 Å². The molecule has 2 aromatic heterocycles. The Morgan fingerprint density at radius 2 is 0.694 bits per heavy atom. The van der Waals surface area contributed by atoms with Crippen molar-refractivity contribution < 1.29 is 0 Å². The van der Waals surface area contributed by atoms with E-state index in [2.05, 4.69) is 99.9 Å². The van der Waals surface area contributed by atoms with Crippen LogP contribution in [0.2, 0.25) is 0 Å². The molecule has 0 N–H and O–H groups in total. The van der Waals surface area contributed by atoms with Crippen molar-refractivity contribution in [3.8, 4) is 56.2 Å². The summed E-state index contributed by atoms with van der Waals surface area (Å²) in [6.07, 6.45) is 5.21. The highest BCUT2D eigenvalue weighted by atomic mass is 15.0. The van der Waals surface area contributed by atoms with Crippen LogP contribution in [-0.2, 0) is 0 Å². The van der Waals surface area contributed by atoms with E-state index in [1.165, 1.54) is 11.1 Å². The third kappa shape index (κ3) is 4.52. The lowest BCUT2D eigenvalue weighted by Gasteiger charge is -2.07. The zero-order chi connectivity index (χ0) is 24.2. The SMILES string of the molecule is c1ccc(-c2ccc(-c3ncnc(-c4ccc(-c5ccc(-c6ccncc6)cc5)cc4)n3)cc2)cc1. The molecule has 0 fully saturated rings. The predicted octanol–water partition coefficient (Wildman–Crippen LogP) is 7.60. The maximum absolute atomic E-state index is 4.74. The van der Waals surface area contributed by atoms with E-state index in [1.54, 1.807) is 6.33 Å². The van der Waals surface area contributed by atoms with Crippen LogP contribution in [0.3, 0.4) is 0 Å². The molecule has 4 aromatic carbocycles. The van der Waals surface area contributed by atoms with E-state index < -0.39 is 0 Å². The summed E-state index contributed by atoms with van der Waals surface area (Å²) in [6.45, 7) is 0. The molecule has 0 saturated carbocycles. The molecular formula is C32H22N4. The Kier molecular flexibility index (Phi) is 5.83. The molecule has 4 heteroatoms. The van der Waals surface area contributed by atoms with Crippen LogP contribution >= 0.6 is 0 Å². The number of nitrogens with zero attached hydrogens (tertiary/aromatic N) is 4. The Balaban J connectivity index is 1.22. The van der Waals surface area contributed by atoms with Gasteiger partial charge in [-0.2, -0.15) is 0 Å². The van der Waals surface area contributed by atoms with Gasteiger partial charge in [0.25, 0.3) is 0 Å². The maximum Gasteiger partial charge on any atom is 0.163 e. The quantitative estimate of drug-likeness (QED) is 0.265. The molecule has 6 aromatic rings. The fraction of sp³-hybridized carbons (Fsp3) is 0. The number of hydrogen-bond donors (Lipinski definition) is 0. The molecule has 0 atom stereocenters. The largest absolute Gasteiger partial charge is 0.265 e. The maximum atomic E-state index is 4.74. The molecule has 0 aliphatic heterocycles. The number of benzene rings is 4. The van der Waals surface area contributed by atoms with Gasteiger partial charge < -0.3 is 0 Å². The van der Waals surface area contributed by atoms with Crippen LogP contribution in [0, 0.1) is 0 Å². The van der Waals surface area contributed by atoms with Crippen molar-refractivity contribution >= 4 is 0 Å². The van der Waals surface area contributed by atoms with Crippen molar-refractivity contribution in [3.05, 3.63) is 134 Å². The molecule has 170 valence electrons. The van der Waals surface area contributed by atoms with Gasteiger partial charge in [0.05, 0.1) is 0 Å². The number of pyridine rings is 1. The lowest BCUT2D eigenvalue weighted by atomic mass is 10.00. The highest BCUT2D eigenvalue weighted by molar-refractivity contribution is 5.72. The number of hydrogen-bond acceptors (Lipinski definition) is 4. The summed E-state index contributed by atoms with van der Waals surface area (Å²) < 4.78 is 0. The Hall–Kier alpha value is -4.96. The van der Waals surface area contributed by atoms with Crippen molar-refractivity contribution in [1.29, 1.82) is 0 Å². The highest BCUT2D eigenvalue weighted by Crippen LogP contribution is 2.27. The molecule has 0 amide bonds. The second kappa shape index (κ2) is 9.72. The van der Waals surface area contributed by atoms with E-state index in [0.29, 0.717) is 11.6 Å². The molecule has 0 aliphatic carbocycles. The zero-order valence-corrected chi connectivity index (χ0v) is 19.5. The highest BCUT2D eigenvalue weighted by Gasteiger charge is 2.08. The van der Waals surface area contributed by atoms with Crippen LogP contribution in [0.25, 0.3) is 56.2 Å². The van der Waals surface area contributed by atoms with Crippen LogP contribution in [0.1, 0.15) is 0 Å². The van der Waals surface area contributed by atoms with Gasteiger partial charge in [-0.15, -0.1) is 0 Å². The second-order valence-corrected chi connectivity index (χ2v) is 8.47. The van der Waals surface area contributed by atoms with Crippen LogP contribution in [0.15, 0.2) is 134 Å². The van der Waals surface area contributed by atoms with Crippen molar-refractivity contribution in [3.63, 3.8) is 0 Å². The molecule has 0 saturated heterocycles. The minimum Gasteiger partial charge on any atom is -0.265 e. The molecule has 0 aliphatic rings. The fourth-order valence-electron chi connectivity index (χ4n) is 4.23. The average molecular weight is 463 g/mol. The lowest BCUT2D eigenvalue weighted by molar-refractivity contribution is 1.07. The molecule has 6 rings (SSSR count). The summed E-state index contributed by atoms with van der Waals surface area (Å²) in [5.74, 6) is 1.32. The van der Waals surface area contributed by atoms with E-state index in [0.717, 1.165) is 33.4 Å². The van der Waals surface area contributed by atoms with Crippen molar-refractivity contribution in [2.24, 2.45) is 0 Å². The third-order valence-corrected chi connectivity index (χ3v) is 6.20. The van der Waals surface area contributed by atoms with Gasteiger partial charge >= 0.3 is 0 Å². The molecule has 0 unspecified atom stereocenters. The molecule has 2 heterocycles. The summed E-state index contributed by atoms with van der Waals surface area (Å²) in [6, 6.07) is 39.6. The minimum absolute atomic E-state index is 0.659. The van der Waals surface area contributed by atoms with Crippen molar-refractivity contribution in [1.82, 2.24) is 19.9 Å². The van der Waals surface area contributed by atoms with Gasteiger partial charge in [0.1, 0.15) is 6.33 Å². The average Bonchev–Trinajstić information content (AvgIpc) is 2.98. The van der Waals surface area contributed by atoms with E-state index in [-0.39, 0.29) is 0 Å². The van der Waals surface area contributed by atoms with Gasteiger partial charge in [0, 0.05) is 23.5 Å². The van der Waals surface area contributed by atoms with Gasteiger partial charge in [-0.1, -0.05) is 103 Å². The second-order valence-electron chi connectivity index (χ2n) is 8.47. The first-order valence-electron chi connectivity index (χ1n) is 11.8. The molecule has 36 heavy (non-hydrogen) atoms. The Morgan fingerprint density at radius 1 is 0.333 bits per heavy atom. The topological polar surface area (TPSA) is 51.6 Å². The summed E-state index contributed by atoms with van der Waals surface area (Å²) >= 11 is 0. The van der Waals surface area contributed by atoms with Crippen LogP contribution in [0.4, 0.5) is 0 Å². The first kappa shape index (κ1) is 21.6. The molecule has 4 nitrogen and oxygen atoms in total. The lowest BCUT2D eigenvalue weighted by Crippen LogP contribution is -1.95. The van der Waals surface area contributed by atoms with Crippen molar-refractivity contribution in [2.45, 2.75) is 0 Å². The molecule has 0 bridgehead atoms. The summed E-state index contributed by atoms with van der Waals surface area (Å²) in [5.41, 5.74) is 8.91. The van der Waals surface area contributed by atoms with E-state index >= 15 is 0 Å². The van der Waals surface area contributed by atoms with E-state index in [4.69, 9.17) is 4.98 Å². The Bertz CT molecular complexity index is 1580. The smallest absolute Gasteiger partial charge is 0.163 e. The zero-order valence-electron chi connectivity index (χ0n) is 19.5. The predicted molar refractivity (Wildman–Crippen MR) is 145 cm³/mol. The third-order valence-electron chi connectivity index (χ3n) is 6.20. The summed E-state index contributed by atoms with van der Waals surface area (Å²) in [7, 11) is 0. The van der Waals surface area contributed by atoms with Gasteiger partial charge in [0.15, 0.2) is 11.6 Å². The van der Waals surface area contributed by atoms with Gasteiger partial charge in [-0.25, -0.2) is 15.0 Å². The summed E-state index contributed by atoms with van der Waals surface area (Å²) in [5, 5.41) is 0.